The molecule has 18 heavy (non-hydrogen) atoms. The minimum absolute atomic E-state index is 0.167. The van der Waals surface area contributed by atoms with Gasteiger partial charge in [-0.25, -0.2) is 4.79 Å². The Morgan fingerprint density at radius 2 is 2.11 bits per heavy atom. The number of carboxylic acid groups (broad SMARTS) is 1. The van der Waals surface area contributed by atoms with Crippen LogP contribution in [0.5, 0.6) is 0 Å². The van der Waals surface area contributed by atoms with E-state index in [1.54, 1.807) is 0 Å². The van der Waals surface area contributed by atoms with E-state index in [0.717, 1.165) is 5.56 Å². The Labute approximate surface area is 105 Å². The van der Waals surface area contributed by atoms with Crippen molar-refractivity contribution in [3.05, 3.63) is 42.0 Å². The summed E-state index contributed by atoms with van der Waals surface area (Å²) in [6, 6.07) is 9.06. The van der Waals surface area contributed by atoms with Crippen molar-refractivity contribution in [1.29, 1.82) is 0 Å². The number of carbonyl (C=O) groups is 2. The fraction of sp³-hybridized carbons (Fsp3) is 0.286. The first-order valence-electron chi connectivity index (χ1n) is 5.91. The lowest BCUT2D eigenvalue weighted by atomic mass is 10.0. The lowest BCUT2D eigenvalue weighted by Crippen LogP contribution is -2.32. The van der Waals surface area contributed by atoms with Gasteiger partial charge in [0.05, 0.1) is 0 Å². The van der Waals surface area contributed by atoms with Crippen molar-refractivity contribution in [2.75, 3.05) is 0 Å². The van der Waals surface area contributed by atoms with E-state index in [1.165, 1.54) is 0 Å². The van der Waals surface area contributed by atoms with Gasteiger partial charge in [-0.1, -0.05) is 42.5 Å². The second kappa shape index (κ2) is 5.49. The van der Waals surface area contributed by atoms with Crippen LogP contribution in [0.15, 0.2) is 36.4 Å². The Hall–Kier alpha value is -2.10. The molecule has 2 rings (SSSR count). The third-order valence-corrected chi connectivity index (χ3v) is 3.04. The highest BCUT2D eigenvalue weighted by Crippen LogP contribution is 2.20. The molecule has 1 saturated heterocycles. The zero-order chi connectivity index (χ0) is 13.0. The van der Waals surface area contributed by atoms with E-state index in [1.807, 2.05) is 42.5 Å². The smallest absolute Gasteiger partial charge is 0.326 e. The van der Waals surface area contributed by atoms with Crippen molar-refractivity contribution in [2.45, 2.75) is 18.9 Å². The standard InChI is InChI=1S/C14H15NO3/c16-13-11(9-12(15-13)14(17)18)8-4-7-10-5-2-1-3-6-10/h1-7,11-12H,8-9H2,(H,15,16)(H,17,18)/t11?,12-/m0/s1. The Kier molecular flexibility index (Phi) is 3.77. The molecule has 0 saturated carbocycles. The molecule has 4 nitrogen and oxygen atoms in total. The zero-order valence-electron chi connectivity index (χ0n) is 9.87. The highest BCUT2D eigenvalue weighted by atomic mass is 16.4. The van der Waals surface area contributed by atoms with Crippen molar-refractivity contribution in [2.24, 2.45) is 5.92 Å². The van der Waals surface area contributed by atoms with Crippen LogP contribution in [0.3, 0.4) is 0 Å². The van der Waals surface area contributed by atoms with Gasteiger partial charge in [-0.15, -0.1) is 0 Å². The topological polar surface area (TPSA) is 66.4 Å². The van der Waals surface area contributed by atoms with Crippen LogP contribution in [0.2, 0.25) is 0 Å². The Morgan fingerprint density at radius 3 is 2.72 bits per heavy atom. The predicted octanol–water partition coefficient (Wildman–Crippen LogP) is 1.68. The van der Waals surface area contributed by atoms with Gasteiger partial charge in [0.15, 0.2) is 0 Å². The van der Waals surface area contributed by atoms with Gasteiger partial charge in [-0.3, -0.25) is 4.79 Å². The van der Waals surface area contributed by atoms with E-state index in [-0.39, 0.29) is 11.8 Å². The van der Waals surface area contributed by atoms with Gasteiger partial charge in [0.2, 0.25) is 5.91 Å². The van der Waals surface area contributed by atoms with Crippen LogP contribution in [-0.2, 0) is 9.59 Å². The molecule has 0 bridgehead atoms. The average molecular weight is 245 g/mol. The molecule has 0 aromatic heterocycles. The van der Waals surface area contributed by atoms with Crippen LogP contribution in [0.25, 0.3) is 6.08 Å². The van der Waals surface area contributed by atoms with Crippen LogP contribution in [0.4, 0.5) is 0 Å². The molecule has 2 N–H and O–H groups in total. The molecule has 1 aromatic rings. The molecule has 0 aliphatic carbocycles. The highest BCUT2D eigenvalue weighted by molar-refractivity contribution is 5.89. The number of amides is 1. The number of carbonyl (C=O) groups excluding carboxylic acids is 1. The SMILES string of the molecule is O=C1N[C@H](C(=O)O)CC1CC=Cc1ccccc1. The fourth-order valence-electron chi connectivity index (χ4n) is 2.04. The number of benzene rings is 1. The van der Waals surface area contributed by atoms with Gasteiger partial charge < -0.3 is 10.4 Å². The number of aliphatic carboxylic acids is 1. The number of carboxylic acids is 1. The molecule has 1 unspecified atom stereocenters. The molecule has 2 atom stereocenters. The summed E-state index contributed by atoms with van der Waals surface area (Å²) in [4.78, 5) is 22.3. The predicted molar refractivity (Wildman–Crippen MR) is 67.8 cm³/mol. The molecule has 0 spiro atoms. The maximum absolute atomic E-state index is 11.5. The van der Waals surface area contributed by atoms with E-state index in [4.69, 9.17) is 5.11 Å². The first-order valence-corrected chi connectivity index (χ1v) is 5.91. The van der Waals surface area contributed by atoms with Gasteiger partial charge in [-0.05, 0) is 18.4 Å². The molecule has 1 heterocycles. The van der Waals surface area contributed by atoms with Crippen molar-refractivity contribution in [3.63, 3.8) is 0 Å². The number of nitrogens with one attached hydrogen (secondary N) is 1. The number of hydrogen-bond acceptors (Lipinski definition) is 2. The van der Waals surface area contributed by atoms with Crippen molar-refractivity contribution >= 4 is 18.0 Å². The minimum atomic E-state index is -0.960. The summed E-state index contributed by atoms with van der Waals surface area (Å²) in [5.41, 5.74) is 1.07. The normalized spacial score (nSPS) is 23.2. The van der Waals surface area contributed by atoms with E-state index in [9.17, 15) is 9.59 Å². The maximum atomic E-state index is 11.5. The van der Waals surface area contributed by atoms with E-state index < -0.39 is 12.0 Å². The van der Waals surface area contributed by atoms with Gasteiger partial charge in [-0.2, -0.15) is 0 Å². The summed E-state index contributed by atoms with van der Waals surface area (Å²) >= 11 is 0. The van der Waals surface area contributed by atoms with E-state index in [2.05, 4.69) is 5.32 Å². The molecule has 1 fully saturated rings. The van der Waals surface area contributed by atoms with Crippen LogP contribution < -0.4 is 5.32 Å². The van der Waals surface area contributed by atoms with Crippen LogP contribution in [0, 0.1) is 5.92 Å². The molecule has 1 aromatic carbocycles. The van der Waals surface area contributed by atoms with Crippen LogP contribution in [0.1, 0.15) is 18.4 Å². The maximum Gasteiger partial charge on any atom is 0.326 e. The fourth-order valence-corrected chi connectivity index (χ4v) is 2.04. The van der Waals surface area contributed by atoms with Crippen LogP contribution >= 0.6 is 0 Å². The summed E-state index contributed by atoms with van der Waals surface area (Å²) in [7, 11) is 0. The second-order valence-electron chi connectivity index (χ2n) is 4.38. The molecular formula is C14H15NO3. The lowest BCUT2D eigenvalue weighted by molar-refractivity contribution is -0.140. The zero-order valence-corrected chi connectivity index (χ0v) is 9.87. The number of hydrogen-bond donors (Lipinski definition) is 2. The first-order chi connectivity index (χ1) is 8.66. The summed E-state index contributed by atoms with van der Waals surface area (Å²) in [6.07, 6.45) is 4.81. The Balaban J connectivity index is 1.89. The average Bonchev–Trinajstić information content (AvgIpc) is 2.73. The lowest BCUT2D eigenvalue weighted by Gasteiger charge is -2.01. The molecule has 1 aliphatic heterocycles. The molecule has 1 aliphatic rings. The van der Waals surface area contributed by atoms with Crippen molar-refractivity contribution in [1.82, 2.24) is 5.32 Å². The molecule has 94 valence electrons. The van der Waals surface area contributed by atoms with Crippen molar-refractivity contribution in [3.8, 4) is 0 Å². The Bertz CT molecular complexity index is 467. The third kappa shape index (κ3) is 2.97. The van der Waals surface area contributed by atoms with E-state index in [0.29, 0.717) is 12.8 Å². The van der Waals surface area contributed by atoms with E-state index >= 15 is 0 Å². The third-order valence-electron chi connectivity index (χ3n) is 3.04. The molecule has 4 heteroatoms. The molecule has 0 radical (unpaired) electrons. The monoisotopic (exact) mass is 245 g/mol. The summed E-state index contributed by atoms with van der Waals surface area (Å²) < 4.78 is 0. The minimum Gasteiger partial charge on any atom is -0.480 e. The highest BCUT2D eigenvalue weighted by Gasteiger charge is 2.34. The van der Waals surface area contributed by atoms with Gasteiger partial charge >= 0.3 is 5.97 Å². The van der Waals surface area contributed by atoms with Gasteiger partial charge in [0.25, 0.3) is 0 Å². The summed E-state index contributed by atoms with van der Waals surface area (Å²) in [5, 5.41) is 11.3. The quantitative estimate of drug-likeness (QED) is 0.848. The summed E-state index contributed by atoms with van der Waals surface area (Å²) in [6.45, 7) is 0. The summed E-state index contributed by atoms with van der Waals surface area (Å²) in [5.74, 6) is -1.36. The number of rotatable bonds is 4. The molecular weight excluding hydrogens is 230 g/mol. The Morgan fingerprint density at radius 1 is 1.39 bits per heavy atom. The van der Waals surface area contributed by atoms with Crippen LogP contribution in [-0.4, -0.2) is 23.0 Å². The van der Waals surface area contributed by atoms with Gasteiger partial charge in [0.1, 0.15) is 6.04 Å². The van der Waals surface area contributed by atoms with Gasteiger partial charge in [0, 0.05) is 5.92 Å². The first kappa shape index (κ1) is 12.4. The van der Waals surface area contributed by atoms with Crippen molar-refractivity contribution < 1.29 is 14.7 Å². The molecule has 1 amide bonds. The number of allylic oxidation sites excluding steroid dienone is 1. The second-order valence-corrected chi connectivity index (χ2v) is 4.38. The largest absolute Gasteiger partial charge is 0.480 e.